The molecule has 0 fully saturated rings. The molecule has 0 spiro atoms. The lowest BCUT2D eigenvalue weighted by atomic mass is 10.2. The van der Waals surface area contributed by atoms with E-state index in [0.29, 0.717) is 10.7 Å². The number of aromatic nitrogens is 1. The fourth-order valence-corrected chi connectivity index (χ4v) is 3.87. The first-order valence-corrected chi connectivity index (χ1v) is 7.89. The third-order valence-electron chi connectivity index (χ3n) is 2.68. The molecule has 1 aromatic heterocycles. The van der Waals surface area contributed by atoms with Crippen LogP contribution in [0.25, 0.3) is 0 Å². The van der Waals surface area contributed by atoms with Crippen LogP contribution in [0.2, 0.25) is 0 Å². The summed E-state index contributed by atoms with van der Waals surface area (Å²) < 4.78 is 26.9. The van der Waals surface area contributed by atoms with E-state index in [2.05, 4.69) is 9.71 Å². The van der Waals surface area contributed by atoms with E-state index >= 15 is 0 Å². The minimum atomic E-state index is -3.72. The normalized spacial score (nSPS) is 11.5. The molecule has 0 saturated carbocycles. The number of sulfonamides is 1. The predicted molar refractivity (Wildman–Crippen MR) is 74.8 cm³/mol. The standard InChI is InChI=1S/C12H14N2O3S2/c1-8-9(2)18-12(13-8)14-19(16,17)11-6-4-3-5-10(11)7-15/h3-6,15H,7H2,1-2H3,(H,13,14). The van der Waals surface area contributed by atoms with Crippen LogP contribution in [0, 0.1) is 13.8 Å². The first-order valence-electron chi connectivity index (χ1n) is 5.59. The molecule has 0 amide bonds. The van der Waals surface area contributed by atoms with Gasteiger partial charge in [-0.2, -0.15) is 0 Å². The van der Waals surface area contributed by atoms with Gasteiger partial charge in [0.05, 0.1) is 17.2 Å². The Hall–Kier alpha value is -1.44. The van der Waals surface area contributed by atoms with Crippen molar-refractivity contribution in [1.29, 1.82) is 0 Å². The summed E-state index contributed by atoms with van der Waals surface area (Å²) in [7, 11) is -3.72. The van der Waals surface area contributed by atoms with Crippen molar-refractivity contribution < 1.29 is 13.5 Å². The fraction of sp³-hybridized carbons (Fsp3) is 0.250. The molecule has 2 rings (SSSR count). The Bertz CT molecular complexity index is 673. The third kappa shape index (κ3) is 2.94. The number of rotatable bonds is 4. The van der Waals surface area contributed by atoms with Gasteiger partial charge < -0.3 is 5.11 Å². The SMILES string of the molecule is Cc1nc(NS(=O)(=O)c2ccccc2CO)sc1C. The van der Waals surface area contributed by atoms with E-state index in [0.717, 1.165) is 10.6 Å². The zero-order valence-corrected chi connectivity index (χ0v) is 12.2. The Labute approximate surface area is 116 Å². The van der Waals surface area contributed by atoms with Crippen LogP contribution in [0.4, 0.5) is 5.13 Å². The maximum absolute atomic E-state index is 12.2. The molecule has 1 heterocycles. The van der Waals surface area contributed by atoms with Crippen molar-refractivity contribution in [2.45, 2.75) is 25.3 Å². The summed E-state index contributed by atoms with van der Waals surface area (Å²) in [5.74, 6) is 0. The number of anilines is 1. The summed E-state index contributed by atoms with van der Waals surface area (Å²) in [4.78, 5) is 5.18. The van der Waals surface area contributed by atoms with Crippen molar-refractivity contribution in [2.75, 3.05) is 4.72 Å². The Kier molecular flexibility index (Phi) is 3.88. The summed E-state index contributed by atoms with van der Waals surface area (Å²) in [6.07, 6.45) is 0. The molecule has 0 aliphatic carbocycles. The number of nitrogens with one attached hydrogen (secondary N) is 1. The Morgan fingerprint density at radius 3 is 2.58 bits per heavy atom. The summed E-state index contributed by atoms with van der Waals surface area (Å²) in [5.41, 5.74) is 1.16. The highest BCUT2D eigenvalue weighted by atomic mass is 32.2. The second-order valence-corrected chi connectivity index (χ2v) is 6.89. The molecule has 0 saturated heterocycles. The lowest BCUT2D eigenvalue weighted by Gasteiger charge is -2.08. The third-order valence-corrected chi connectivity index (χ3v) is 5.24. The number of aryl methyl sites for hydroxylation is 2. The van der Waals surface area contributed by atoms with Crippen LogP contribution in [-0.4, -0.2) is 18.5 Å². The van der Waals surface area contributed by atoms with E-state index in [1.54, 1.807) is 18.2 Å². The van der Waals surface area contributed by atoms with Crippen LogP contribution in [0.3, 0.4) is 0 Å². The Morgan fingerprint density at radius 2 is 2.00 bits per heavy atom. The number of nitrogens with zero attached hydrogens (tertiary/aromatic N) is 1. The van der Waals surface area contributed by atoms with Crippen LogP contribution in [0.5, 0.6) is 0 Å². The van der Waals surface area contributed by atoms with E-state index < -0.39 is 10.0 Å². The summed E-state index contributed by atoms with van der Waals surface area (Å²) in [5, 5.41) is 9.53. The number of aliphatic hydroxyl groups is 1. The van der Waals surface area contributed by atoms with Gasteiger partial charge in [-0.3, -0.25) is 4.72 Å². The van der Waals surface area contributed by atoms with Gasteiger partial charge in [0.25, 0.3) is 10.0 Å². The molecule has 0 atom stereocenters. The predicted octanol–water partition coefficient (Wildman–Crippen LogP) is 2.05. The highest BCUT2D eigenvalue weighted by Gasteiger charge is 2.19. The van der Waals surface area contributed by atoms with Crippen LogP contribution < -0.4 is 4.72 Å². The van der Waals surface area contributed by atoms with Crippen LogP contribution in [-0.2, 0) is 16.6 Å². The average Bonchev–Trinajstić information content (AvgIpc) is 2.67. The number of hydrogen-bond acceptors (Lipinski definition) is 5. The van der Waals surface area contributed by atoms with Gasteiger partial charge in [0.2, 0.25) is 0 Å². The van der Waals surface area contributed by atoms with E-state index in [4.69, 9.17) is 0 Å². The molecule has 7 heteroatoms. The summed E-state index contributed by atoms with van der Waals surface area (Å²) in [6.45, 7) is 3.38. The Balaban J connectivity index is 2.37. The first-order chi connectivity index (χ1) is 8.94. The maximum Gasteiger partial charge on any atom is 0.264 e. The Morgan fingerprint density at radius 1 is 1.32 bits per heavy atom. The summed E-state index contributed by atoms with van der Waals surface area (Å²) in [6, 6.07) is 6.34. The monoisotopic (exact) mass is 298 g/mol. The van der Waals surface area contributed by atoms with Gasteiger partial charge in [0.1, 0.15) is 0 Å². The van der Waals surface area contributed by atoms with E-state index in [1.165, 1.54) is 17.4 Å². The van der Waals surface area contributed by atoms with Crippen molar-refractivity contribution in [2.24, 2.45) is 0 Å². The molecule has 1 aromatic carbocycles. The molecule has 19 heavy (non-hydrogen) atoms. The molecule has 0 aliphatic rings. The van der Waals surface area contributed by atoms with Gasteiger partial charge in [-0.15, -0.1) is 11.3 Å². The first kappa shape index (κ1) is 14.0. The molecule has 2 N–H and O–H groups in total. The van der Waals surface area contributed by atoms with Gasteiger partial charge in [0, 0.05) is 4.88 Å². The second kappa shape index (κ2) is 5.28. The smallest absolute Gasteiger partial charge is 0.264 e. The largest absolute Gasteiger partial charge is 0.392 e. The quantitative estimate of drug-likeness (QED) is 0.905. The van der Waals surface area contributed by atoms with Crippen LogP contribution >= 0.6 is 11.3 Å². The van der Waals surface area contributed by atoms with Crippen molar-refractivity contribution in [3.63, 3.8) is 0 Å². The summed E-state index contributed by atoms with van der Waals surface area (Å²) >= 11 is 1.29. The lowest BCUT2D eigenvalue weighted by molar-refractivity contribution is 0.278. The zero-order chi connectivity index (χ0) is 14.0. The van der Waals surface area contributed by atoms with Gasteiger partial charge in [-0.1, -0.05) is 18.2 Å². The number of aliphatic hydroxyl groups excluding tert-OH is 1. The van der Waals surface area contributed by atoms with E-state index in [9.17, 15) is 13.5 Å². The van der Waals surface area contributed by atoms with Crippen molar-refractivity contribution in [3.05, 3.63) is 40.4 Å². The lowest BCUT2D eigenvalue weighted by Crippen LogP contribution is -2.14. The van der Waals surface area contributed by atoms with Crippen molar-refractivity contribution in [3.8, 4) is 0 Å². The number of benzene rings is 1. The van der Waals surface area contributed by atoms with Gasteiger partial charge in [-0.25, -0.2) is 13.4 Å². The number of thiazole rings is 1. The topological polar surface area (TPSA) is 79.3 Å². The molecule has 2 aromatic rings. The molecule has 0 bridgehead atoms. The number of hydrogen-bond donors (Lipinski definition) is 2. The molecule has 102 valence electrons. The van der Waals surface area contributed by atoms with Crippen molar-refractivity contribution in [1.82, 2.24) is 4.98 Å². The molecule has 0 unspecified atom stereocenters. The molecule has 0 radical (unpaired) electrons. The average molecular weight is 298 g/mol. The van der Waals surface area contributed by atoms with Crippen LogP contribution in [0.1, 0.15) is 16.1 Å². The minimum absolute atomic E-state index is 0.0722. The highest BCUT2D eigenvalue weighted by molar-refractivity contribution is 7.93. The molecular formula is C12H14N2O3S2. The fourth-order valence-electron chi connectivity index (χ4n) is 1.58. The van der Waals surface area contributed by atoms with Gasteiger partial charge >= 0.3 is 0 Å². The van der Waals surface area contributed by atoms with Crippen LogP contribution in [0.15, 0.2) is 29.2 Å². The zero-order valence-electron chi connectivity index (χ0n) is 10.5. The molecular weight excluding hydrogens is 284 g/mol. The van der Waals surface area contributed by atoms with E-state index in [1.807, 2.05) is 13.8 Å². The second-order valence-electron chi connectivity index (χ2n) is 4.03. The molecule has 5 nitrogen and oxygen atoms in total. The van der Waals surface area contributed by atoms with Crippen molar-refractivity contribution >= 4 is 26.5 Å². The maximum atomic E-state index is 12.2. The minimum Gasteiger partial charge on any atom is -0.392 e. The molecule has 0 aliphatic heterocycles. The van der Waals surface area contributed by atoms with Gasteiger partial charge in [-0.05, 0) is 25.5 Å². The van der Waals surface area contributed by atoms with Gasteiger partial charge in [0.15, 0.2) is 5.13 Å². The highest BCUT2D eigenvalue weighted by Crippen LogP contribution is 2.25. The van der Waals surface area contributed by atoms with E-state index in [-0.39, 0.29) is 11.5 Å².